The van der Waals surface area contributed by atoms with Crippen LogP contribution in [0.25, 0.3) is 0 Å². The summed E-state index contributed by atoms with van der Waals surface area (Å²) < 4.78 is 5.21. The third kappa shape index (κ3) is 2.56. The van der Waals surface area contributed by atoms with Crippen LogP contribution in [0.2, 0.25) is 0 Å². The summed E-state index contributed by atoms with van der Waals surface area (Å²) in [5.41, 5.74) is 5.55. The molecule has 0 bridgehead atoms. The summed E-state index contributed by atoms with van der Waals surface area (Å²) in [5, 5.41) is 13.2. The van der Waals surface area contributed by atoms with Gasteiger partial charge >= 0.3 is 0 Å². The molecule has 1 aliphatic heterocycles. The van der Waals surface area contributed by atoms with Crippen molar-refractivity contribution in [3.63, 3.8) is 0 Å². The van der Waals surface area contributed by atoms with E-state index in [0.29, 0.717) is 12.3 Å². The van der Waals surface area contributed by atoms with E-state index in [1.165, 1.54) is 24.3 Å². The predicted octanol–water partition coefficient (Wildman–Crippen LogP) is 0.897. The molecule has 7 nitrogen and oxygen atoms in total. The van der Waals surface area contributed by atoms with Crippen LogP contribution in [-0.4, -0.2) is 30.1 Å². The number of amides is 1. The van der Waals surface area contributed by atoms with Gasteiger partial charge in [0, 0.05) is 23.9 Å². The summed E-state index contributed by atoms with van der Waals surface area (Å²) in [6.45, 7) is 2.36. The van der Waals surface area contributed by atoms with Crippen LogP contribution >= 0.6 is 0 Å². The Labute approximate surface area is 109 Å². The minimum atomic E-state index is -0.776. The van der Waals surface area contributed by atoms with Crippen molar-refractivity contribution < 1.29 is 14.5 Å². The molecule has 1 amide bonds. The maximum absolute atomic E-state index is 12.2. The topological polar surface area (TPSA) is 107 Å². The minimum Gasteiger partial charge on any atom is -0.379 e. The molecule has 1 aromatic carbocycles. The number of nitro groups is 1. The van der Waals surface area contributed by atoms with Crippen molar-refractivity contribution in [3.05, 3.63) is 34.4 Å². The summed E-state index contributed by atoms with van der Waals surface area (Å²) in [7, 11) is 0. The molecule has 7 heteroatoms. The largest absolute Gasteiger partial charge is 0.379 e. The van der Waals surface area contributed by atoms with E-state index < -0.39 is 10.3 Å². The molecule has 1 saturated heterocycles. The highest BCUT2D eigenvalue weighted by atomic mass is 16.6. The SMILES string of the molecule is CC1(C(=O)Nc2ccc([N+](=O)[O-])cc2)COCC1N. The van der Waals surface area contributed by atoms with Crippen molar-refractivity contribution >= 4 is 17.3 Å². The van der Waals surface area contributed by atoms with E-state index in [0.717, 1.165) is 0 Å². The van der Waals surface area contributed by atoms with Crippen LogP contribution in [0.3, 0.4) is 0 Å². The van der Waals surface area contributed by atoms with Gasteiger partial charge in [-0.05, 0) is 19.1 Å². The van der Waals surface area contributed by atoms with Crippen molar-refractivity contribution in [2.24, 2.45) is 11.1 Å². The molecular formula is C12H15N3O4. The van der Waals surface area contributed by atoms with Crippen molar-refractivity contribution in [2.75, 3.05) is 18.5 Å². The Bertz CT molecular complexity index is 502. The fourth-order valence-electron chi connectivity index (χ4n) is 1.86. The monoisotopic (exact) mass is 265 g/mol. The molecule has 1 aromatic rings. The third-order valence-electron chi connectivity index (χ3n) is 3.37. The number of carbonyl (C=O) groups is 1. The molecule has 0 aromatic heterocycles. The van der Waals surface area contributed by atoms with E-state index in [9.17, 15) is 14.9 Å². The fourth-order valence-corrected chi connectivity index (χ4v) is 1.86. The number of nitrogens with two attached hydrogens (primary N) is 1. The number of non-ortho nitro benzene ring substituents is 1. The standard InChI is InChI=1S/C12H15N3O4/c1-12(7-19-6-10(12)13)11(16)14-8-2-4-9(5-3-8)15(17)18/h2-5,10H,6-7,13H2,1H3,(H,14,16). The van der Waals surface area contributed by atoms with Crippen LogP contribution in [0.4, 0.5) is 11.4 Å². The van der Waals surface area contributed by atoms with E-state index >= 15 is 0 Å². The summed E-state index contributed by atoms with van der Waals surface area (Å²) in [5.74, 6) is -0.244. The quantitative estimate of drug-likeness (QED) is 0.623. The maximum Gasteiger partial charge on any atom is 0.269 e. The van der Waals surface area contributed by atoms with E-state index in [2.05, 4.69) is 5.32 Å². The van der Waals surface area contributed by atoms with Crippen molar-refractivity contribution in [1.82, 2.24) is 0 Å². The zero-order valence-electron chi connectivity index (χ0n) is 10.5. The summed E-state index contributed by atoms with van der Waals surface area (Å²) in [4.78, 5) is 22.2. The molecule has 0 radical (unpaired) electrons. The lowest BCUT2D eigenvalue weighted by Crippen LogP contribution is -2.47. The van der Waals surface area contributed by atoms with Crippen molar-refractivity contribution in [3.8, 4) is 0 Å². The van der Waals surface area contributed by atoms with Gasteiger partial charge in [0.05, 0.1) is 23.6 Å². The Morgan fingerprint density at radius 3 is 2.63 bits per heavy atom. The van der Waals surface area contributed by atoms with E-state index in [4.69, 9.17) is 10.5 Å². The van der Waals surface area contributed by atoms with Gasteiger partial charge in [-0.3, -0.25) is 14.9 Å². The number of nitrogens with one attached hydrogen (secondary N) is 1. The van der Waals surface area contributed by atoms with Gasteiger partial charge in [-0.2, -0.15) is 0 Å². The van der Waals surface area contributed by atoms with Crippen LogP contribution in [0.15, 0.2) is 24.3 Å². The second-order valence-electron chi connectivity index (χ2n) is 4.80. The number of hydrogen-bond acceptors (Lipinski definition) is 5. The molecule has 0 aliphatic carbocycles. The normalized spacial score (nSPS) is 26.1. The average molecular weight is 265 g/mol. The molecule has 102 valence electrons. The maximum atomic E-state index is 12.2. The van der Waals surface area contributed by atoms with Crippen LogP contribution in [0.5, 0.6) is 0 Å². The molecule has 2 atom stereocenters. The minimum absolute atomic E-state index is 0.0230. The van der Waals surface area contributed by atoms with Gasteiger partial charge in [-0.25, -0.2) is 0 Å². The number of nitro benzene ring substituents is 1. The van der Waals surface area contributed by atoms with Gasteiger partial charge in [0.2, 0.25) is 5.91 Å². The van der Waals surface area contributed by atoms with E-state index in [-0.39, 0.29) is 24.2 Å². The number of nitrogens with zero attached hydrogens (tertiary/aromatic N) is 1. The average Bonchev–Trinajstić information content (AvgIpc) is 2.71. The van der Waals surface area contributed by atoms with E-state index in [1.54, 1.807) is 6.92 Å². The van der Waals surface area contributed by atoms with Gasteiger partial charge in [0.1, 0.15) is 0 Å². The van der Waals surface area contributed by atoms with Crippen LogP contribution in [0, 0.1) is 15.5 Å². The highest BCUT2D eigenvalue weighted by molar-refractivity contribution is 5.96. The molecule has 2 rings (SSSR count). The Morgan fingerprint density at radius 1 is 1.53 bits per heavy atom. The molecular weight excluding hydrogens is 250 g/mol. The molecule has 1 aliphatic rings. The zero-order valence-corrected chi connectivity index (χ0v) is 10.5. The third-order valence-corrected chi connectivity index (χ3v) is 3.37. The highest BCUT2D eigenvalue weighted by Gasteiger charge is 2.44. The molecule has 2 unspecified atom stereocenters. The second kappa shape index (κ2) is 4.94. The number of benzene rings is 1. The second-order valence-corrected chi connectivity index (χ2v) is 4.80. The number of ether oxygens (including phenoxy) is 1. The summed E-state index contributed by atoms with van der Waals surface area (Å²) >= 11 is 0. The van der Waals surface area contributed by atoms with Crippen LogP contribution < -0.4 is 11.1 Å². The molecule has 3 N–H and O–H groups in total. The smallest absolute Gasteiger partial charge is 0.269 e. The first-order valence-electron chi connectivity index (χ1n) is 5.83. The molecule has 1 heterocycles. The van der Waals surface area contributed by atoms with Gasteiger partial charge in [0.25, 0.3) is 5.69 Å². The Morgan fingerprint density at radius 2 is 2.16 bits per heavy atom. The van der Waals surface area contributed by atoms with Gasteiger partial charge in [-0.1, -0.05) is 0 Å². The predicted molar refractivity (Wildman–Crippen MR) is 68.6 cm³/mol. The Kier molecular flexibility index (Phi) is 3.50. The molecule has 0 spiro atoms. The highest BCUT2D eigenvalue weighted by Crippen LogP contribution is 2.29. The number of hydrogen-bond donors (Lipinski definition) is 2. The van der Waals surface area contributed by atoms with Crippen LogP contribution in [-0.2, 0) is 9.53 Å². The van der Waals surface area contributed by atoms with Crippen LogP contribution in [0.1, 0.15) is 6.92 Å². The molecule has 1 fully saturated rings. The molecule has 0 saturated carbocycles. The zero-order chi connectivity index (χ0) is 14.0. The first-order valence-corrected chi connectivity index (χ1v) is 5.83. The van der Waals surface area contributed by atoms with Gasteiger partial charge < -0.3 is 15.8 Å². The van der Waals surface area contributed by atoms with Crippen molar-refractivity contribution in [2.45, 2.75) is 13.0 Å². The first kappa shape index (κ1) is 13.4. The number of rotatable bonds is 3. The van der Waals surface area contributed by atoms with Gasteiger partial charge in [0.15, 0.2) is 0 Å². The lowest BCUT2D eigenvalue weighted by Gasteiger charge is -2.25. The van der Waals surface area contributed by atoms with E-state index in [1.807, 2.05) is 0 Å². The summed E-state index contributed by atoms with van der Waals surface area (Å²) in [6.07, 6.45) is 0. The lowest BCUT2D eigenvalue weighted by atomic mass is 9.85. The van der Waals surface area contributed by atoms with Gasteiger partial charge in [-0.15, -0.1) is 0 Å². The summed E-state index contributed by atoms with van der Waals surface area (Å²) in [6, 6.07) is 5.29. The lowest BCUT2D eigenvalue weighted by molar-refractivity contribution is -0.384. The number of carbonyl (C=O) groups excluding carboxylic acids is 1. The Balaban J connectivity index is 2.09. The fraction of sp³-hybridized carbons (Fsp3) is 0.417. The first-order chi connectivity index (χ1) is 8.93. The van der Waals surface area contributed by atoms with Crippen molar-refractivity contribution in [1.29, 1.82) is 0 Å². The number of anilines is 1. The molecule has 19 heavy (non-hydrogen) atoms. The Hall–Kier alpha value is -1.99.